The van der Waals surface area contributed by atoms with E-state index in [1.807, 2.05) is 6.07 Å². The molecule has 2 aromatic heterocycles. The lowest BCUT2D eigenvalue weighted by molar-refractivity contribution is -0.121. The number of fused-ring (bicyclic) bond motifs is 1. The quantitative estimate of drug-likeness (QED) is 0.635. The minimum atomic E-state index is -0.0616. The van der Waals surface area contributed by atoms with Gasteiger partial charge in [-0.25, -0.2) is 4.98 Å². The van der Waals surface area contributed by atoms with Crippen molar-refractivity contribution in [1.82, 2.24) is 14.9 Å². The van der Waals surface area contributed by atoms with E-state index in [1.165, 1.54) is 0 Å². The number of nitrogens with one attached hydrogen (secondary N) is 1. The van der Waals surface area contributed by atoms with Crippen molar-refractivity contribution in [3.63, 3.8) is 0 Å². The first-order valence-corrected chi connectivity index (χ1v) is 6.42. The molecule has 0 aliphatic carbocycles. The molecule has 1 N–H and O–H groups in total. The summed E-state index contributed by atoms with van der Waals surface area (Å²) in [6.07, 6.45) is 6.13. The number of unbranched alkanes of at least 4 members (excludes halogenated alkanes) is 1. The van der Waals surface area contributed by atoms with E-state index in [4.69, 9.17) is 0 Å². The maximum atomic E-state index is 11.8. The summed E-state index contributed by atoms with van der Waals surface area (Å²) in [6.45, 7) is 2.94. The molecule has 0 aliphatic heterocycles. The third kappa shape index (κ3) is 2.99. The first-order valence-electron chi connectivity index (χ1n) is 6.42. The van der Waals surface area contributed by atoms with Gasteiger partial charge in [0.05, 0.1) is 0 Å². The Morgan fingerprint density at radius 1 is 1.53 bits per heavy atom. The Labute approximate surface area is 111 Å². The summed E-state index contributed by atoms with van der Waals surface area (Å²) in [4.78, 5) is 27.0. The maximum absolute atomic E-state index is 11.8. The lowest BCUT2D eigenvalue weighted by atomic mass is 10.2. The largest absolute Gasteiger partial charge is 0.355 e. The molecule has 0 bridgehead atoms. The van der Waals surface area contributed by atoms with Crippen LogP contribution in [0.3, 0.4) is 0 Å². The topological polar surface area (TPSA) is 64.0 Å². The van der Waals surface area contributed by atoms with Crippen molar-refractivity contribution >= 4 is 23.2 Å². The lowest BCUT2D eigenvalue weighted by Crippen LogP contribution is -2.28. The van der Waals surface area contributed by atoms with Crippen LogP contribution in [-0.2, 0) is 11.3 Å². The monoisotopic (exact) mass is 259 g/mol. The van der Waals surface area contributed by atoms with Crippen LogP contribution in [0.2, 0.25) is 0 Å². The van der Waals surface area contributed by atoms with Gasteiger partial charge in [0.15, 0.2) is 6.29 Å². The van der Waals surface area contributed by atoms with E-state index in [2.05, 4.69) is 17.2 Å². The van der Waals surface area contributed by atoms with Gasteiger partial charge in [-0.15, -0.1) is 0 Å². The molecule has 0 saturated heterocycles. The number of nitrogens with zero attached hydrogens (tertiary/aromatic N) is 2. The van der Waals surface area contributed by atoms with E-state index in [-0.39, 0.29) is 12.5 Å². The third-order valence-corrected chi connectivity index (χ3v) is 2.96. The molecule has 0 spiro atoms. The van der Waals surface area contributed by atoms with Crippen LogP contribution in [0.15, 0.2) is 24.5 Å². The van der Waals surface area contributed by atoms with Crippen LogP contribution in [-0.4, -0.2) is 28.3 Å². The molecule has 2 heterocycles. The van der Waals surface area contributed by atoms with Crippen molar-refractivity contribution in [3.8, 4) is 0 Å². The molecule has 0 aliphatic rings. The highest BCUT2D eigenvalue weighted by molar-refractivity contribution is 5.96. The molecule has 0 fully saturated rings. The Hall–Kier alpha value is -2.17. The zero-order chi connectivity index (χ0) is 13.7. The van der Waals surface area contributed by atoms with E-state index in [9.17, 15) is 9.59 Å². The second kappa shape index (κ2) is 6.13. The van der Waals surface area contributed by atoms with Crippen molar-refractivity contribution in [2.45, 2.75) is 26.3 Å². The molecule has 2 rings (SSSR count). The molecule has 5 heteroatoms. The number of amides is 1. The van der Waals surface area contributed by atoms with Crippen LogP contribution >= 0.6 is 0 Å². The number of rotatable bonds is 6. The van der Waals surface area contributed by atoms with Gasteiger partial charge in [-0.3, -0.25) is 9.59 Å². The zero-order valence-electron chi connectivity index (χ0n) is 10.9. The van der Waals surface area contributed by atoms with Crippen molar-refractivity contribution in [1.29, 1.82) is 0 Å². The Morgan fingerprint density at radius 3 is 3.11 bits per heavy atom. The molecule has 2 aromatic rings. The van der Waals surface area contributed by atoms with Gasteiger partial charge in [0, 0.05) is 29.9 Å². The Bertz CT molecular complexity index is 589. The van der Waals surface area contributed by atoms with Gasteiger partial charge in [-0.05, 0) is 18.6 Å². The first kappa shape index (κ1) is 13.3. The molecule has 0 radical (unpaired) electrons. The summed E-state index contributed by atoms with van der Waals surface area (Å²) in [6, 6.07) is 3.61. The van der Waals surface area contributed by atoms with Crippen LogP contribution in [0.5, 0.6) is 0 Å². The molecule has 0 saturated carbocycles. The highest BCUT2D eigenvalue weighted by atomic mass is 16.2. The Kier molecular flexibility index (Phi) is 4.28. The first-order chi connectivity index (χ1) is 9.26. The molecular weight excluding hydrogens is 242 g/mol. The average Bonchev–Trinajstić information content (AvgIpc) is 2.77. The smallest absolute Gasteiger partial charge is 0.239 e. The zero-order valence-corrected chi connectivity index (χ0v) is 10.9. The highest BCUT2D eigenvalue weighted by Crippen LogP contribution is 2.17. The summed E-state index contributed by atoms with van der Waals surface area (Å²) in [5, 5.41) is 3.62. The van der Waals surface area contributed by atoms with Crippen molar-refractivity contribution in [2.24, 2.45) is 0 Å². The summed E-state index contributed by atoms with van der Waals surface area (Å²) in [5.41, 5.74) is 1.22. The third-order valence-electron chi connectivity index (χ3n) is 2.96. The number of hydrogen-bond donors (Lipinski definition) is 1. The fourth-order valence-corrected chi connectivity index (χ4v) is 1.98. The summed E-state index contributed by atoms with van der Waals surface area (Å²) in [7, 11) is 0. The predicted octanol–water partition coefficient (Wildman–Crippen LogP) is 1.77. The highest BCUT2D eigenvalue weighted by Gasteiger charge is 2.10. The fraction of sp³-hybridized carbons (Fsp3) is 0.357. The molecule has 100 valence electrons. The van der Waals surface area contributed by atoms with Gasteiger partial charge < -0.3 is 9.88 Å². The van der Waals surface area contributed by atoms with E-state index >= 15 is 0 Å². The van der Waals surface area contributed by atoms with Gasteiger partial charge in [0.1, 0.15) is 12.2 Å². The van der Waals surface area contributed by atoms with Crippen LogP contribution in [0.25, 0.3) is 11.0 Å². The van der Waals surface area contributed by atoms with Crippen LogP contribution in [0, 0.1) is 0 Å². The van der Waals surface area contributed by atoms with Crippen molar-refractivity contribution in [2.75, 3.05) is 6.54 Å². The Morgan fingerprint density at radius 2 is 2.37 bits per heavy atom. The van der Waals surface area contributed by atoms with Crippen molar-refractivity contribution in [3.05, 3.63) is 30.1 Å². The van der Waals surface area contributed by atoms with Crippen molar-refractivity contribution < 1.29 is 9.59 Å². The molecule has 5 nitrogen and oxygen atoms in total. The number of aldehydes is 1. The second-order valence-electron chi connectivity index (χ2n) is 4.41. The molecule has 19 heavy (non-hydrogen) atoms. The second-order valence-corrected chi connectivity index (χ2v) is 4.41. The summed E-state index contributed by atoms with van der Waals surface area (Å²) in [5.74, 6) is -0.0616. The number of hydrogen-bond acceptors (Lipinski definition) is 3. The number of aromatic nitrogens is 2. The lowest BCUT2D eigenvalue weighted by Gasteiger charge is -2.06. The van der Waals surface area contributed by atoms with E-state index in [0.717, 1.165) is 24.5 Å². The predicted molar refractivity (Wildman–Crippen MR) is 73.0 cm³/mol. The van der Waals surface area contributed by atoms with Crippen LogP contribution in [0.4, 0.5) is 0 Å². The number of pyridine rings is 1. The molecule has 0 unspecified atom stereocenters. The average molecular weight is 259 g/mol. The fourth-order valence-electron chi connectivity index (χ4n) is 1.98. The van der Waals surface area contributed by atoms with Gasteiger partial charge in [0.2, 0.25) is 5.91 Å². The van der Waals surface area contributed by atoms with E-state index < -0.39 is 0 Å². The van der Waals surface area contributed by atoms with Gasteiger partial charge >= 0.3 is 0 Å². The van der Waals surface area contributed by atoms with Crippen LogP contribution < -0.4 is 5.32 Å². The van der Waals surface area contributed by atoms with Gasteiger partial charge in [-0.1, -0.05) is 13.3 Å². The summed E-state index contributed by atoms with van der Waals surface area (Å²) >= 11 is 0. The van der Waals surface area contributed by atoms with Gasteiger partial charge in [0.25, 0.3) is 0 Å². The van der Waals surface area contributed by atoms with Crippen LogP contribution in [0.1, 0.15) is 30.1 Å². The molecular formula is C14H17N3O2. The number of carbonyl (C=O) groups is 2. The number of carbonyl (C=O) groups excluding carboxylic acids is 2. The minimum absolute atomic E-state index is 0.0616. The summed E-state index contributed by atoms with van der Waals surface area (Å²) < 4.78 is 1.71. The molecule has 1 amide bonds. The Balaban J connectivity index is 2.16. The van der Waals surface area contributed by atoms with E-state index in [0.29, 0.717) is 17.8 Å². The maximum Gasteiger partial charge on any atom is 0.239 e. The van der Waals surface area contributed by atoms with E-state index in [1.54, 1.807) is 23.0 Å². The standard InChI is InChI=1S/C14H17N3O2/c1-2-3-6-15-13(19)9-17-8-11(10-18)12-5-4-7-16-14(12)17/h4-5,7-8,10H,2-3,6,9H2,1H3,(H,15,19). The normalized spacial score (nSPS) is 10.6. The molecule has 0 atom stereocenters. The SMILES string of the molecule is CCCCNC(=O)Cn1cc(C=O)c2cccnc21. The van der Waals surface area contributed by atoms with Gasteiger partial charge in [-0.2, -0.15) is 0 Å². The minimum Gasteiger partial charge on any atom is -0.355 e. The molecule has 0 aromatic carbocycles.